The lowest BCUT2D eigenvalue weighted by Crippen LogP contribution is -2.28. The van der Waals surface area contributed by atoms with Crippen molar-refractivity contribution in [1.82, 2.24) is 5.32 Å². The molecular formula is C10H19NO2. The number of nitrogens with one attached hydrogen (secondary N) is 1. The van der Waals surface area contributed by atoms with Crippen LogP contribution in [-0.4, -0.2) is 24.2 Å². The van der Waals surface area contributed by atoms with Crippen LogP contribution in [0, 0.1) is 5.92 Å². The summed E-state index contributed by atoms with van der Waals surface area (Å²) in [6, 6.07) is 0. The Labute approximate surface area is 79.5 Å². The minimum Gasteiger partial charge on any atom is -0.387 e. The van der Waals surface area contributed by atoms with E-state index in [2.05, 4.69) is 5.32 Å². The largest absolute Gasteiger partial charge is 0.387 e. The van der Waals surface area contributed by atoms with E-state index in [0.29, 0.717) is 0 Å². The van der Waals surface area contributed by atoms with Gasteiger partial charge in [0, 0.05) is 6.54 Å². The van der Waals surface area contributed by atoms with Crippen molar-refractivity contribution < 1.29 is 9.90 Å². The molecule has 0 spiro atoms. The SMILES string of the molecule is O=C(CO)NCCC1CCCCC1. The first-order valence-corrected chi connectivity index (χ1v) is 5.20. The molecule has 3 heteroatoms. The Hall–Kier alpha value is -0.570. The molecule has 0 heterocycles. The van der Waals surface area contributed by atoms with Gasteiger partial charge < -0.3 is 10.4 Å². The number of aliphatic hydroxyl groups is 1. The van der Waals surface area contributed by atoms with Crippen LogP contribution in [0.3, 0.4) is 0 Å². The van der Waals surface area contributed by atoms with Gasteiger partial charge in [-0.15, -0.1) is 0 Å². The van der Waals surface area contributed by atoms with Crippen LogP contribution in [0.2, 0.25) is 0 Å². The molecule has 2 N–H and O–H groups in total. The van der Waals surface area contributed by atoms with E-state index in [-0.39, 0.29) is 12.5 Å². The van der Waals surface area contributed by atoms with E-state index in [9.17, 15) is 4.79 Å². The van der Waals surface area contributed by atoms with Gasteiger partial charge in [0.1, 0.15) is 6.61 Å². The highest BCUT2D eigenvalue weighted by Crippen LogP contribution is 2.25. The lowest BCUT2D eigenvalue weighted by molar-refractivity contribution is -0.123. The molecular weight excluding hydrogens is 166 g/mol. The average molecular weight is 185 g/mol. The molecule has 0 aromatic carbocycles. The first-order chi connectivity index (χ1) is 6.33. The van der Waals surface area contributed by atoms with Crippen LogP contribution < -0.4 is 5.32 Å². The molecule has 0 aliphatic heterocycles. The summed E-state index contributed by atoms with van der Waals surface area (Å²) in [6.45, 7) is 0.342. The van der Waals surface area contributed by atoms with Crippen molar-refractivity contribution in [2.75, 3.05) is 13.2 Å². The van der Waals surface area contributed by atoms with E-state index in [4.69, 9.17) is 5.11 Å². The fourth-order valence-electron chi connectivity index (χ4n) is 1.95. The van der Waals surface area contributed by atoms with E-state index >= 15 is 0 Å². The molecule has 0 aromatic heterocycles. The smallest absolute Gasteiger partial charge is 0.245 e. The van der Waals surface area contributed by atoms with Crippen molar-refractivity contribution in [1.29, 1.82) is 0 Å². The molecule has 3 nitrogen and oxygen atoms in total. The third-order valence-electron chi connectivity index (χ3n) is 2.74. The minimum absolute atomic E-state index is 0.254. The Bertz CT molecular complexity index is 153. The van der Waals surface area contributed by atoms with Crippen molar-refractivity contribution in [3.63, 3.8) is 0 Å². The van der Waals surface area contributed by atoms with Crippen molar-refractivity contribution in [2.45, 2.75) is 38.5 Å². The number of amides is 1. The molecule has 1 fully saturated rings. The molecule has 0 saturated heterocycles. The van der Waals surface area contributed by atoms with Gasteiger partial charge in [-0.2, -0.15) is 0 Å². The highest BCUT2D eigenvalue weighted by atomic mass is 16.3. The van der Waals surface area contributed by atoms with Gasteiger partial charge in [0.25, 0.3) is 0 Å². The van der Waals surface area contributed by atoms with Crippen LogP contribution in [0.15, 0.2) is 0 Å². The Balaban J connectivity index is 2.01. The second-order valence-corrected chi connectivity index (χ2v) is 3.80. The van der Waals surface area contributed by atoms with Crippen LogP contribution in [0.1, 0.15) is 38.5 Å². The lowest BCUT2D eigenvalue weighted by Gasteiger charge is -2.21. The van der Waals surface area contributed by atoms with E-state index in [1.165, 1.54) is 32.1 Å². The average Bonchev–Trinajstić information content (AvgIpc) is 2.19. The van der Waals surface area contributed by atoms with Crippen LogP contribution in [-0.2, 0) is 4.79 Å². The standard InChI is InChI=1S/C10H19NO2/c12-8-10(13)11-7-6-9-4-2-1-3-5-9/h9,12H,1-8H2,(H,11,13). The maximum atomic E-state index is 10.7. The first-order valence-electron chi connectivity index (χ1n) is 5.20. The van der Waals surface area contributed by atoms with Gasteiger partial charge in [-0.3, -0.25) is 4.79 Å². The van der Waals surface area contributed by atoms with Crippen molar-refractivity contribution in [3.05, 3.63) is 0 Å². The molecule has 1 aliphatic rings. The second kappa shape index (κ2) is 5.97. The van der Waals surface area contributed by atoms with E-state index in [1.54, 1.807) is 0 Å². The van der Waals surface area contributed by atoms with Crippen LogP contribution >= 0.6 is 0 Å². The summed E-state index contributed by atoms with van der Waals surface area (Å²) in [7, 11) is 0. The van der Waals surface area contributed by atoms with Crippen LogP contribution in [0.4, 0.5) is 0 Å². The number of hydrogen-bond donors (Lipinski definition) is 2. The Morgan fingerprint density at radius 2 is 2.00 bits per heavy atom. The predicted molar refractivity (Wildman–Crippen MR) is 51.3 cm³/mol. The van der Waals surface area contributed by atoms with E-state index in [0.717, 1.165) is 18.9 Å². The van der Waals surface area contributed by atoms with Gasteiger partial charge in [-0.05, 0) is 12.3 Å². The zero-order valence-corrected chi connectivity index (χ0v) is 8.09. The van der Waals surface area contributed by atoms with E-state index < -0.39 is 0 Å². The molecule has 0 aromatic rings. The van der Waals surface area contributed by atoms with E-state index in [1.807, 2.05) is 0 Å². The number of carbonyl (C=O) groups excluding carboxylic acids is 1. The summed E-state index contributed by atoms with van der Waals surface area (Å²) < 4.78 is 0. The molecule has 0 radical (unpaired) electrons. The van der Waals surface area contributed by atoms with Gasteiger partial charge >= 0.3 is 0 Å². The van der Waals surface area contributed by atoms with Gasteiger partial charge in [0.05, 0.1) is 0 Å². The first kappa shape index (κ1) is 10.5. The molecule has 0 atom stereocenters. The van der Waals surface area contributed by atoms with Gasteiger partial charge in [0.15, 0.2) is 0 Å². The lowest BCUT2D eigenvalue weighted by atomic mass is 9.87. The fourth-order valence-corrected chi connectivity index (χ4v) is 1.95. The summed E-state index contributed by atoms with van der Waals surface area (Å²) in [6.07, 6.45) is 7.77. The Morgan fingerprint density at radius 3 is 2.62 bits per heavy atom. The maximum absolute atomic E-state index is 10.7. The number of hydrogen-bond acceptors (Lipinski definition) is 2. The highest BCUT2D eigenvalue weighted by Gasteiger charge is 2.12. The number of rotatable bonds is 4. The zero-order valence-electron chi connectivity index (χ0n) is 8.09. The molecule has 0 unspecified atom stereocenters. The quantitative estimate of drug-likeness (QED) is 0.688. The molecule has 1 saturated carbocycles. The summed E-state index contributed by atoms with van der Waals surface area (Å²) >= 11 is 0. The van der Waals surface area contributed by atoms with Crippen molar-refractivity contribution >= 4 is 5.91 Å². The maximum Gasteiger partial charge on any atom is 0.245 e. The number of aliphatic hydroxyl groups excluding tert-OH is 1. The topological polar surface area (TPSA) is 49.3 Å². The fraction of sp³-hybridized carbons (Fsp3) is 0.900. The molecule has 1 aliphatic carbocycles. The summed E-state index contributed by atoms with van der Waals surface area (Å²) in [5.41, 5.74) is 0. The molecule has 13 heavy (non-hydrogen) atoms. The van der Waals surface area contributed by atoms with Crippen molar-refractivity contribution in [2.24, 2.45) is 5.92 Å². The summed E-state index contributed by atoms with van der Waals surface area (Å²) in [4.78, 5) is 10.7. The van der Waals surface area contributed by atoms with Crippen LogP contribution in [0.25, 0.3) is 0 Å². The molecule has 76 valence electrons. The van der Waals surface area contributed by atoms with Gasteiger partial charge in [-0.25, -0.2) is 0 Å². The normalized spacial score (nSPS) is 18.5. The summed E-state index contributed by atoms with van der Waals surface area (Å²) in [5, 5.41) is 11.2. The Morgan fingerprint density at radius 1 is 1.31 bits per heavy atom. The van der Waals surface area contributed by atoms with Gasteiger partial charge in [-0.1, -0.05) is 32.1 Å². The second-order valence-electron chi connectivity index (χ2n) is 3.80. The Kier molecular flexibility index (Phi) is 4.83. The third kappa shape index (κ3) is 4.27. The molecule has 0 bridgehead atoms. The molecule has 1 amide bonds. The van der Waals surface area contributed by atoms with Gasteiger partial charge in [0.2, 0.25) is 5.91 Å². The predicted octanol–water partition coefficient (Wildman–Crippen LogP) is 1.07. The zero-order chi connectivity index (χ0) is 9.52. The monoisotopic (exact) mass is 185 g/mol. The van der Waals surface area contributed by atoms with Crippen molar-refractivity contribution in [3.8, 4) is 0 Å². The molecule has 1 rings (SSSR count). The third-order valence-corrected chi connectivity index (χ3v) is 2.74. The summed E-state index contributed by atoms with van der Waals surface area (Å²) in [5.74, 6) is 0.545. The number of carbonyl (C=O) groups is 1. The van der Waals surface area contributed by atoms with Crippen LogP contribution in [0.5, 0.6) is 0 Å². The highest BCUT2D eigenvalue weighted by molar-refractivity contribution is 5.76. The minimum atomic E-state index is -0.384.